The van der Waals surface area contributed by atoms with Crippen LogP contribution in [0.3, 0.4) is 0 Å². The number of ether oxygens (including phenoxy) is 2. The summed E-state index contributed by atoms with van der Waals surface area (Å²) in [7, 11) is 2.30. The molecule has 1 aromatic carbocycles. The van der Waals surface area contributed by atoms with Crippen molar-refractivity contribution in [2.24, 2.45) is 5.73 Å². The molecule has 0 heterocycles. The van der Waals surface area contributed by atoms with E-state index in [1.165, 1.54) is 0 Å². The van der Waals surface area contributed by atoms with Crippen LogP contribution >= 0.6 is 0 Å². The third-order valence-corrected chi connectivity index (χ3v) is 2.47. The molecule has 0 saturated heterocycles. The van der Waals surface area contributed by atoms with Gasteiger partial charge in [0.1, 0.15) is 5.92 Å². The number of nitrogens with two attached hydrogens (primary N) is 1. The van der Waals surface area contributed by atoms with Crippen LogP contribution in [0.5, 0.6) is 11.5 Å². The summed E-state index contributed by atoms with van der Waals surface area (Å²) in [5, 5.41) is 9.01. The van der Waals surface area contributed by atoms with Gasteiger partial charge in [-0.2, -0.15) is 0 Å². The van der Waals surface area contributed by atoms with E-state index in [1.54, 1.807) is 0 Å². The maximum Gasteiger partial charge on any atom is 0.312 e. The van der Waals surface area contributed by atoms with Crippen molar-refractivity contribution in [2.75, 3.05) is 20.8 Å². The number of rotatable bonds is 5. The van der Waals surface area contributed by atoms with Crippen molar-refractivity contribution in [2.45, 2.75) is 5.92 Å². The van der Waals surface area contributed by atoms with Crippen LogP contribution in [0.25, 0.3) is 0 Å². The highest BCUT2D eigenvalue weighted by Gasteiger charge is 2.30. The minimum Gasteiger partial charge on any atom is -0.493 e. The van der Waals surface area contributed by atoms with Gasteiger partial charge in [0.2, 0.25) is 0 Å². The Balaban J connectivity index is 3.59. The Kier molecular flexibility index (Phi) is 4.43. The average molecular weight is 261 g/mol. The fraction of sp³-hybridized carbons (Fsp3) is 0.364. The van der Waals surface area contributed by atoms with Crippen molar-refractivity contribution in [3.8, 4) is 11.5 Å². The molecule has 0 aliphatic rings. The first-order valence-electron chi connectivity index (χ1n) is 5.00. The minimum absolute atomic E-state index is 0.243. The topological polar surface area (TPSA) is 81.8 Å². The molecular weight excluding hydrogens is 248 g/mol. The highest BCUT2D eigenvalue weighted by molar-refractivity contribution is 5.79. The molecule has 7 heteroatoms. The maximum atomic E-state index is 13.5. The summed E-state index contributed by atoms with van der Waals surface area (Å²) in [6.07, 6.45) is 0. The highest BCUT2D eigenvalue weighted by Crippen LogP contribution is 2.39. The van der Waals surface area contributed by atoms with Crippen LogP contribution in [0.1, 0.15) is 11.5 Å². The maximum absolute atomic E-state index is 13.5. The Morgan fingerprint density at radius 1 is 1.33 bits per heavy atom. The molecule has 0 aliphatic heterocycles. The summed E-state index contributed by atoms with van der Waals surface area (Å²) in [6.45, 7) is -0.342. The van der Waals surface area contributed by atoms with Crippen LogP contribution in [0.15, 0.2) is 6.07 Å². The van der Waals surface area contributed by atoms with Gasteiger partial charge in [-0.15, -0.1) is 0 Å². The number of halogens is 2. The summed E-state index contributed by atoms with van der Waals surface area (Å²) in [5.41, 5.74) is 5.07. The number of hydrogen-bond donors (Lipinski definition) is 2. The number of hydrogen-bond acceptors (Lipinski definition) is 4. The van der Waals surface area contributed by atoms with Crippen LogP contribution in [-0.2, 0) is 4.79 Å². The van der Waals surface area contributed by atoms with Crippen molar-refractivity contribution in [1.29, 1.82) is 0 Å². The van der Waals surface area contributed by atoms with Crippen molar-refractivity contribution in [1.82, 2.24) is 0 Å². The largest absolute Gasteiger partial charge is 0.493 e. The van der Waals surface area contributed by atoms with Gasteiger partial charge in [0.15, 0.2) is 23.1 Å². The molecule has 5 nitrogen and oxygen atoms in total. The molecule has 1 aromatic rings. The van der Waals surface area contributed by atoms with Crippen LogP contribution < -0.4 is 15.2 Å². The highest BCUT2D eigenvalue weighted by atomic mass is 19.1. The summed E-state index contributed by atoms with van der Waals surface area (Å²) < 4.78 is 36.6. The van der Waals surface area contributed by atoms with Crippen LogP contribution in [-0.4, -0.2) is 31.8 Å². The fourth-order valence-electron chi connectivity index (χ4n) is 1.68. The van der Waals surface area contributed by atoms with E-state index in [-0.39, 0.29) is 23.6 Å². The third kappa shape index (κ3) is 2.35. The van der Waals surface area contributed by atoms with E-state index in [2.05, 4.69) is 0 Å². The Labute approximate surface area is 102 Å². The monoisotopic (exact) mass is 261 g/mol. The van der Waals surface area contributed by atoms with Gasteiger partial charge in [-0.05, 0) is 0 Å². The first-order chi connectivity index (χ1) is 8.47. The summed E-state index contributed by atoms with van der Waals surface area (Å²) in [6, 6.07) is 0.566. The molecule has 0 radical (unpaired) electrons. The molecule has 1 atom stereocenters. The second-order valence-electron chi connectivity index (χ2n) is 3.45. The zero-order valence-corrected chi connectivity index (χ0v) is 9.87. The van der Waals surface area contributed by atoms with Gasteiger partial charge in [0, 0.05) is 12.6 Å². The molecule has 0 saturated carbocycles. The fourth-order valence-corrected chi connectivity index (χ4v) is 1.68. The molecule has 100 valence electrons. The predicted molar refractivity (Wildman–Crippen MR) is 58.9 cm³/mol. The summed E-state index contributed by atoms with van der Waals surface area (Å²) >= 11 is 0. The zero-order valence-electron chi connectivity index (χ0n) is 9.87. The van der Waals surface area contributed by atoms with Crippen molar-refractivity contribution < 1.29 is 28.2 Å². The van der Waals surface area contributed by atoms with Crippen molar-refractivity contribution in [3.63, 3.8) is 0 Å². The van der Waals surface area contributed by atoms with Gasteiger partial charge < -0.3 is 20.3 Å². The standard InChI is InChI=1S/C11H13F2NO4/c1-17-9-6(12)3-7(13)10(18-2)8(9)5(4-14)11(15)16/h3,5H,4,14H2,1-2H3,(H,15,16). The lowest BCUT2D eigenvalue weighted by Gasteiger charge is -2.18. The Morgan fingerprint density at radius 3 is 2.06 bits per heavy atom. The van der Waals surface area contributed by atoms with E-state index in [1.807, 2.05) is 0 Å². The molecule has 0 aliphatic carbocycles. The second kappa shape index (κ2) is 5.63. The van der Waals surface area contributed by atoms with E-state index in [9.17, 15) is 13.6 Å². The number of carboxylic acids is 1. The molecule has 3 N–H and O–H groups in total. The Hall–Kier alpha value is -1.89. The number of carbonyl (C=O) groups is 1. The molecule has 0 fully saturated rings. The predicted octanol–water partition coefficient (Wildman–Crippen LogP) is 1.11. The van der Waals surface area contributed by atoms with Crippen LogP contribution in [0, 0.1) is 11.6 Å². The Morgan fingerprint density at radius 2 is 1.78 bits per heavy atom. The first kappa shape index (κ1) is 14.2. The van der Waals surface area contributed by atoms with E-state index in [0.29, 0.717) is 6.07 Å². The van der Waals surface area contributed by atoms with Gasteiger partial charge in [-0.3, -0.25) is 4.79 Å². The molecule has 0 amide bonds. The summed E-state index contributed by atoms with van der Waals surface area (Å²) in [5.74, 6) is -5.42. The van der Waals surface area contributed by atoms with Gasteiger partial charge >= 0.3 is 5.97 Å². The lowest BCUT2D eigenvalue weighted by atomic mass is 9.96. The van der Waals surface area contributed by atoms with Gasteiger partial charge in [0.25, 0.3) is 0 Å². The molecule has 1 rings (SSSR count). The molecule has 0 bridgehead atoms. The lowest BCUT2D eigenvalue weighted by Crippen LogP contribution is -2.23. The van der Waals surface area contributed by atoms with Crippen LogP contribution in [0.4, 0.5) is 8.78 Å². The second-order valence-corrected chi connectivity index (χ2v) is 3.45. The molecular formula is C11H13F2NO4. The van der Waals surface area contributed by atoms with Crippen molar-refractivity contribution in [3.05, 3.63) is 23.3 Å². The molecule has 0 aromatic heterocycles. The first-order valence-corrected chi connectivity index (χ1v) is 5.00. The number of benzene rings is 1. The summed E-state index contributed by atoms with van der Waals surface area (Å²) in [4.78, 5) is 11.1. The third-order valence-electron chi connectivity index (χ3n) is 2.47. The molecule has 1 unspecified atom stereocenters. The average Bonchev–Trinajstić information content (AvgIpc) is 2.29. The van der Waals surface area contributed by atoms with E-state index >= 15 is 0 Å². The van der Waals surface area contributed by atoms with Crippen LogP contribution in [0.2, 0.25) is 0 Å². The van der Waals surface area contributed by atoms with Gasteiger partial charge in [-0.25, -0.2) is 8.78 Å². The smallest absolute Gasteiger partial charge is 0.312 e. The normalized spacial score (nSPS) is 12.1. The van der Waals surface area contributed by atoms with E-state index < -0.39 is 23.5 Å². The number of aliphatic carboxylic acids is 1. The zero-order chi connectivity index (χ0) is 13.9. The quantitative estimate of drug-likeness (QED) is 0.829. The van der Waals surface area contributed by atoms with Gasteiger partial charge in [0.05, 0.1) is 19.8 Å². The lowest BCUT2D eigenvalue weighted by molar-refractivity contribution is -0.138. The minimum atomic E-state index is -1.32. The van der Waals surface area contributed by atoms with E-state index in [0.717, 1.165) is 14.2 Å². The van der Waals surface area contributed by atoms with Crippen molar-refractivity contribution >= 4 is 5.97 Å². The van der Waals surface area contributed by atoms with E-state index in [4.69, 9.17) is 20.3 Å². The molecule has 18 heavy (non-hydrogen) atoms. The molecule has 0 spiro atoms. The number of methoxy groups -OCH3 is 2. The Bertz CT molecular complexity index is 437. The SMILES string of the molecule is COc1c(F)cc(F)c(OC)c1C(CN)C(=O)O. The number of carboxylic acid groups (broad SMARTS) is 1. The van der Waals surface area contributed by atoms with Gasteiger partial charge in [-0.1, -0.05) is 0 Å².